The van der Waals surface area contributed by atoms with Crippen molar-refractivity contribution < 1.29 is 0 Å². The molecule has 0 bridgehead atoms. The number of rotatable bonds is 8. The molecule has 0 fully saturated rings. The Morgan fingerprint density at radius 3 is 0.732 bits per heavy atom. The molecule has 9 rings (SSSR count). The maximum absolute atomic E-state index is 5.53. The Morgan fingerprint density at radius 1 is 0.250 bits per heavy atom. The number of aryl methyl sites for hydroxylation is 1. The lowest BCUT2D eigenvalue weighted by Crippen LogP contribution is -2.08. The molecule has 0 aliphatic carbocycles. The van der Waals surface area contributed by atoms with E-state index in [1.807, 2.05) is 116 Å². The van der Waals surface area contributed by atoms with Crippen LogP contribution in [0.3, 0.4) is 0 Å². The van der Waals surface area contributed by atoms with Crippen molar-refractivity contribution in [2.45, 2.75) is 13.8 Å². The van der Waals surface area contributed by atoms with Gasteiger partial charge in [0.25, 0.3) is 0 Å². The molecule has 0 amide bonds. The molecule has 0 radical (unpaired) electrons. The Kier molecular flexibility index (Phi) is 9.27. The minimum Gasteiger partial charge on any atom is -0.232 e. The third kappa shape index (κ3) is 6.65. The highest BCUT2D eigenvalue weighted by Crippen LogP contribution is 2.43. The highest BCUT2D eigenvalue weighted by Gasteiger charge is 2.28. The van der Waals surface area contributed by atoms with Crippen LogP contribution >= 0.6 is 0 Å². The lowest BCUT2D eigenvalue weighted by Gasteiger charge is -2.20. The second-order valence-corrected chi connectivity index (χ2v) is 13.5. The van der Waals surface area contributed by atoms with Crippen molar-refractivity contribution >= 4 is 0 Å². The van der Waals surface area contributed by atoms with E-state index in [4.69, 9.17) is 29.9 Å². The fourth-order valence-corrected chi connectivity index (χ4v) is 7.17. The van der Waals surface area contributed by atoms with Crippen molar-refractivity contribution in [3.05, 3.63) is 193 Å². The summed E-state index contributed by atoms with van der Waals surface area (Å²) in [6.07, 6.45) is 0. The summed E-state index contributed by atoms with van der Waals surface area (Å²) >= 11 is 0. The summed E-state index contributed by atoms with van der Waals surface area (Å²) < 4.78 is 0. The first kappa shape index (κ1) is 34.3. The monoisotopic (exact) mass is 720 g/mol. The summed E-state index contributed by atoms with van der Waals surface area (Å²) in [6.45, 7) is 4.03. The van der Waals surface area contributed by atoms with Gasteiger partial charge in [-0.25, -0.2) is 29.9 Å². The van der Waals surface area contributed by atoms with Gasteiger partial charge in [-0.05, 0) is 13.8 Å². The third-order valence-electron chi connectivity index (χ3n) is 9.81. The molecule has 6 aromatic carbocycles. The molecule has 56 heavy (non-hydrogen) atoms. The summed E-state index contributed by atoms with van der Waals surface area (Å²) in [5.41, 5.74) is 12.8. The normalized spacial score (nSPS) is 11.0. The van der Waals surface area contributed by atoms with Gasteiger partial charge in [-0.3, -0.25) is 0 Å². The summed E-state index contributed by atoms with van der Waals surface area (Å²) in [5, 5.41) is 0. The molecule has 0 atom stereocenters. The van der Waals surface area contributed by atoms with Crippen LogP contribution in [0.5, 0.6) is 0 Å². The maximum Gasteiger partial charge on any atom is 0.164 e. The standard InChI is InChI=1S/C50H36N6/c1-33-43(35-21-9-3-10-22-35)53-49(54-44(33)36-23-11-4-12-24-36)42-47(39-29-17-7-18-30-39)55-50(56-48(42)40-31-19-8-20-32-40)41-45(37-25-13-5-14-26-37)51-34(2)52-46(41)38-27-15-6-16-28-38/h3-32H,1-2H3. The van der Waals surface area contributed by atoms with E-state index in [1.165, 1.54) is 0 Å². The van der Waals surface area contributed by atoms with E-state index in [1.54, 1.807) is 0 Å². The van der Waals surface area contributed by atoms with Crippen LogP contribution in [0.15, 0.2) is 182 Å². The van der Waals surface area contributed by atoms with Crippen molar-refractivity contribution in [2.24, 2.45) is 0 Å². The van der Waals surface area contributed by atoms with Crippen molar-refractivity contribution in [3.8, 4) is 90.3 Å². The van der Waals surface area contributed by atoms with Crippen LogP contribution in [0, 0.1) is 13.8 Å². The van der Waals surface area contributed by atoms with Crippen LogP contribution in [-0.2, 0) is 0 Å². The average molecular weight is 721 g/mol. The summed E-state index contributed by atoms with van der Waals surface area (Å²) in [4.78, 5) is 32.0. The van der Waals surface area contributed by atoms with Gasteiger partial charge >= 0.3 is 0 Å². The van der Waals surface area contributed by atoms with E-state index in [0.29, 0.717) is 28.9 Å². The van der Waals surface area contributed by atoms with E-state index in [2.05, 4.69) is 79.7 Å². The predicted octanol–water partition coefficient (Wildman–Crippen LogP) is 12.0. The number of hydrogen-bond acceptors (Lipinski definition) is 6. The Morgan fingerprint density at radius 2 is 0.464 bits per heavy atom. The third-order valence-corrected chi connectivity index (χ3v) is 9.81. The molecule has 3 aromatic heterocycles. The zero-order valence-electron chi connectivity index (χ0n) is 31.0. The van der Waals surface area contributed by atoms with Crippen LogP contribution in [0.4, 0.5) is 0 Å². The highest BCUT2D eigenvalue weighted by molar-refractivity contribution is 5.94. The van der Waals surface area contributed by atoms with Crippen molar-refractivity contribution in [2.75, 3.05) is 0 Å². The van der Waals surface area contributed by atoms with Crippen LogP contribution in [0.2, 0.25) is 0 Å². The number of hydrogen-bond donors (Lipinski definition) is 0. The minimum atomic E-state index is 0.503. The minimum absolute atomic E-state index is 0.503. The molecule has 9 aromatic rings. The van der Waals surface area contributed by atoms with Crippen LogP contribution < -0.4 is 0 Å². The Bertz CT molecular complexity index is 2600. The largest absolute Gasteiger partial charge is 0.232 e. The van der Waals surface area contributed by atoms with Gasteiger partial charge in [0.1, 0.15) is 5.82 Å². The van der Waals surface area contributed by atoms with Gasteiger partial charge < -0.3 is 0 Å². The van der Waals surface area contributed by atoms with E-state index >= 15 is 0 Å². The van der Waals surface area contributed by atoms with Crippen LogP contribution in [0.25, 0.3) is 90.3 Å². The quantitative estimate of drug-likeness (QED) is 0.155. The molecule has 266 valence electrons. The SMILES string of the molecule is Cc1nc(-c2ccccc2)c(-c2nc(-c3ccccc3)c(-c3nc(-c4ccccc4)c(C)c(-c4ccccc4)n3)c(-c3ccccc3)n2)c(-c2ccccc2)n1. The smallest absolute Gasteiger partial charge is 0.164 e. The lowest BCUT2D eigenvalue weighted by molar-refractivity contribution is 1.05. The summed E-state index contributed by atoms with van der Waals surface area (Å²) in [5.74, 6) is 1.69. The van der Waals surface area contributed by atoms with Gasteiger partial charge in [0.15, 0.2) is 11.6 Å². The van der Waals surface area contributed by atoms with Crippen LogP contribution in [-0.4, -0.2) is 29.9 Å². The summed E-state index contributed by atoms with van der Waals surface area (Å²) in [6, 6.07) is 61.5. The van der Waals surface area contributed by atoms with Gasteiger partial charge in [0, 0.05) is 38.9 Å². The molecule has 0 saturated carbocycles. The molecule has 6 nitrogen and oxygen atoms in total. The lowest BCUT2D eigenvalue weighted by atomic mass is 9.95. The molecule has 6 heteroatoms. The van der Waals surface area contributed by atoms with E-state index in [0.717, 1.165) is 72.8 Å². The molecular weight excluding hydrogens is 685 g/mol. The van der Waals surface area contributed by atoms with Gasteiger partial charge in [-0.15, -0.1) is 0 Å². The number of aromatic nitrogens is 6. The van der Waals surface area contributed by atoms with Gasteiger partial charge in [0.05, 0.1) is 45.3 Å². The first-order chi connectivity index (χ1) is 27.6. The number of nitrogens with zero attached hydrogens (tertiary/aromatic N) is 6. The van der Waals surface area contributed by atoms with Crippen LogP contribution in [0.1, 0.15) is 11.4 Å². The zero-order chi connectivity index (χ0) is 37.8. The average Bonchev–Trinajstić information content (AvgIpc) is 3.27. The van der Waals surface area contributed by atoms with Crippen molar-refractivity contribution in [3.63, 3.8) is 0 Å². The van der Waals surface area contributed by atoms with E-state index < -0.39 is 0 Å². The molecule has 0 aliphatic heterocycles. The zero-order valence-corrected chi connectivity index (χ0v) is 31.0. The fraction of sp³-hybridized carbons (Fsp3) is 0.0400. The molecule has 0 N–H and O–H groups in total. The number of benzene rings is 6. The van der Waals surface area contributed by atoms with Gasteiger partial charge in [-0.2, -0.15) is 0 Å². The molecule has 0 spiro atoms. The Balaban J connectivity index is 1.43. The van der Waals surface area contributed by atoms with E-state index in [9.17, 15) is 0 Å². The van der Waals surface area contributed by atoms with Crippen molar-refractivity contribution in [1.82, 2.24) is 29.9 Å². The Labute approximate surface area is 326 Å². The summed E-state index contributed by atoms with van der Waals surface area (Å²) in [7, 11) is 0. The van der Waals surface area contributed by atoms with Crippen molar-refractivity contribution in [1.29, 1.82) is 0 Å². The first-order valence-electron chi connectivity index (χ1n) is 18.6. The van der Waals surface area contributed by atoms with Gasteiger partial charge in [-0.1, -0.05) is 182 Å². The maximum atomic E-state index is 5.53. The second-order valence-electron chi connectivity index (χ2n) is 13.5. The van der Waals surface area contributed by atoms with Gasteiger partial charge in [0.2, 0.25) is 0 Å². The second kappa shape index (κ2) is 15.1. The molecular formula is C50H36N6. The molecule has 0 saturated heterocycles. The molecule has 0 aliphatic rings. The van der Waals surface area contributed by atoms with E-state index in [-0.39, 0.29) is 0 Å². The first-order valence-corrected chi connectivity index (χ1v) is 18.6. The predicted molar refractivity (Wildman–Crippen MR) is 226 cm³/mol. The molecule has 3 heterocycles. The highest BCUT2D eigenvalue weighted by atomic mass is 15.0. The molecule has 0 unspecified atom stereocenters. The Hall–Kier alpha value is -7.44. The topological polar surface area (TPSA) is 77.3 Å². The fourth-order valence-electron chi connectivity index (χ4n) is 7.17.